The van der Waals surface area contributed by atoms with Gasteiger partial charge < -0.3 is 0 Å². The second kappa shape index (κ2) is 3.43. The van der Waals surface area contributed by atoms with Crippen molar-refractivity contribution in [2.45, 2.75) is 0 Å². The molecule has 5 heavy (non-hydrogen) atoms. The summed E-state index contributed by atoms with van der Waals surface area (Å²) in [5.74, 6) is 0. The number of hydrogen-bond donors (Lipinski definition) is 1. The molecule has 0 aliphatic rings. The Hall–Kier alpha value is -0.570. The van der Waals surface area contributed by atoms with Gasteiger partial charge in [0.05, 0.1) is 7.11 Å². The lowest BCUT2D eigenvalue weighted by Crippen LogP contribution is -2.11. The maximum absolute atomic E-state index is 4.21. The molecular formula is C2H6N2O+. The third kappa shape index (κ3) is 3.43. The van der Waals surface area contributed by atoms with Gasteiger partial charge in [0.1, 0.15) is 0 Å². The van der Waals surface area contributed by atoms with E-state index in [1.165, 1.54) is 7.11 Å². The molecule has 3 heteroatoms. The number of nitrogens with zero attached hydrogens (tertiary/aromatic N) is 1. The van der Waals surface area contributed by atoms with Crippen LogP contribution in [0.5, 0.6) is 0 Å². The van der Waals surface area contributed by atoms with Crippen LogP contribution in [-0.4, -0.2) is 13.8 Å². The smallest absolute Gasteiger partial charge is 0.226 e. The van der Waals surface area contributed by atoms with Crippen LogP contribution in [-0.2, 0) is 4.84 Å². The summed E-state index contributed by atoms with van der Waals surface area (Å²) in [6, 6.07) is 0. The van der Waals surface area contributed by atoms with E-state index in [1.54, 1.807) is 0 Å². The summed E-state index contributed by atoms with van der Waals surface area (Å²) in [5.41, 5.74) is 2.12. The van der Waals surface area contributed by atoms with E-state index < -0.39 is 0 Å². The van der Waals surface area contributed by atoms with Crippen LogP contribution in [0, 0.1) is 0 Å². The SMILES string of the molecule is C=[N+]NOC. The van der Waals surface area contributed by atoms with Crippen molar-refractivity contribution in [3.63, 3.8) is 0 Å². The van der Waals surface area contributed by atoms with Crippen molar-refractivity contribution in [3.8, 4) is 0 Å². The lowest BCUT2D eigenvalue weighted by atomic mass is 11.7. The molecule has 0 aromatic rings. The van der Waals surface area contributed by atoms with Crippen molar-refractivity contribution in [1.82, 2.24) is 10.7 Å². The van der Waals surface area contributed by atoms with Gasteiger partial charge in [0, 0.05) is 5.59 Å². The molecule has 1 radical (unpaired) electrons. The molecule has 0 aliphatic heterocycles. The maximum Gasteiger partial charge on any atom is 0.242 e. The third-order valence-corrected chi connectivity index (χ3v) is 0.156. The Labute approximate surface area is 30.6 Å². The molecule has 0 aromatic heterocycles. The maximum atomic E-state index is 4.21. The second-order valence-electron chi connectivity index (χ2n) is 0.454. The largest absolute Gasteiger partial charge is 0.242 e. The average molecular weight is 74.1 g/mol. The van der Waals surface area contributed by atoms with E-state index in [1.807, 2.05) is 0 Å². The van der Waals surface area contributed by atoms with Crippen LogP contribution in [0.25, 0.3) is 0 Å². The summed E-state index contributed by atoms with van der Waals surface area (Å²) in [5, 5.41) is 3.13. The van der Waals surface area contributed by atoms with Gasteiger partial charge in [-0.2, -0.15) is 0 Å². The van der Waals surface area contributed by atoms with Gasteiger partial charge in [-0.3, -0.25) is 0 Å². The van der Waals surface area contributed by atoms with Crippen LogP contribution in [0.2, 0.25) is 0 Å². The fourth-order valence-corrected chi connectivity index (χ4v) is 0.0645. The van der Waals surface area contributed by atoms with Gasteiger partial charge in [0.2, 0.25) is 6.72 Å². The van der Waals surface area contributed by atoms with Gasteiger partial charge >= 0.3 is 0 Å². The van der Waals surface area contributed by atoms with Gasteiger partial charge in [-0.15, -0.1) is 0 Å². The summed E-state index contributed by atoms with van der Waals surface area (Å²) >= 11 is 0. The predicted molar refractivity (Wildman–Crippen MR) is 19.4 cm³/mol. The van der Waals surface area contributed by atoms with Crippen LogP contribution in [0.4, 0.5) is 0 Å². The Bertz CT molecular complexity index is 28.8. The molecule has 0 fully saturated rings. The summed E-state index contributed by atoms with van der Waals surface area (Å²) in [4.78, 5) is 4.21. The van der Waals surface area contributed by atoms with Gasteiger partial charge in [-0.1, -0.05) is 0 Å². The van der Waals surface area contributed by atoms with E-state index in [0.29, 0.717) is 0 Å². The zero-order valence-electron chi connectivity index (χ0n) is 3.06. The molecule has 0 saturated carbocycles. The van der Waals surface area contributed by atoms with Gasteiger partial charge in [0.15, 0.2) is 5.10 Å². The van der Waals surface area contributed by atoms with Crippen molar-refractivity contribution >= 4 is 6.72 Å². The standard InChI is InChI=1S/C2H6N2O/c1-3-4-5-2/h4H,1H2,2H3/q+1. The van der Waals surface area contributed by atoms with E-state index in [4.69, 9.17) is 0 Å². The van der Waals surface area contributed by atoms with Crippen molar-refractivity contribution in [3.05, 3.63) is 0 Å². The molecule has 3 nitrogen and oxygen atoms in total. The molecule has 0 saturated heterocycles. The molecule has 0 aliphatic carbocycles. The van der Waals surface area contributed by atoms with Crippen molar-refractivity contribution in [2.75, 3.05) is 7.11 Å². The summed E-state index contributed by atoms with van der Waals surface area (Å²) in [7, 11) is 1.47. The zero-order chi connectivity index (χ0) is 4.12. The predicted octanol–water partition coefficient (Wildman–Crippen LogP) is -0.911. The minimum Gasteiger partial charge on any atom is -0.226 e. The highest BCUT2D eigenvalue weighted by atomic mass is 16.7. The van der Waals surface area contributed by atoms with Gasteiger partial charge in [-0.05, 0) is 0 Å². The number of rotatable bonds is 2. The number of nitrogens with one attached hydrogen (secondary N) is 1. The molecule has 0 atom stereocenters. The first-order chi connectivity index (χ1) is 2.41. The van der Waals surface area contributed by atoms with E-state index in [0.717, 1.165) is 0 Å². The molecule has 0 aromatic carbocycles. The Morgan fingerprint density at radius 1 is 2.00 bits per heavy atom. The van der Waals surface area contributed by atoms with E-state index >= 15 is 0 Å². The highest BCUT2D eigenvalue weighted by molar-refractivity contribution is 5.19. The monoisotopic (exact) mass is 74.0 g/mol. The van der Waals surface area contributed by atoms with Crippen molar-refractivity contribution in [1.29, 1.82) is 0 Å². The normalized spacial score (nSPS) is 6.60. The summed E-state index contributed by atoms with van der Waals surface area (Å²) in [6.07, 6.45) is 0. The Morgan fingerprint density at radius 2 is 2.60 bits per heavy atom. The molecule has 0 spiro atoms. The fraction of sp³-hybridized carbons (Fsp3) is 0.500. The first-order valence-corrected chi connectivity index (χ1v) is 1.15. The molecule has 1 N–H and O–H groups in total. The summed E-state index contributed by atoms with van der Waals surface area (Å²) < 4.78 is 0. The highest BCUT2D eigenvalue weighted by Crippen LogP contribution is 1.32. The Balaban J connectivity index is 2.40. The van der Waals surface area contributed by atoms with Gasteiger partial charge in [0.25, 0.3) is 0 Å². The number of hydrogen-bond acceptors (Lipinski definition) is 3. The second-order valence-corrected chi connectivity index (χ2v) is 0.454. The van der Waals surface area contributed by atoms with E-state index in [2.05, 4.69) is 22.2 Å². The number of hydrazone groups is 1. The van der Waals surface area contributed by atoms with Crippen LogP contribution in [0.3, 0.4) is 0 Å². The Morgan fingerprint density at radius 3 is 2.60 bits per heavy atom. The highest BCUT2D eigenvalue weighted by Gasteiger charge is 1.67. The minimum absolute atomic E-state index is 1.47. The molecule has 0 bridgehead atoms. The third-order valence-electron chi connectivity index (χ3n) is 0.156. The van der Waals surface area contributed by atoms with Crippen LogP contribution in [0.15, 0.2) is 0 Å². The lowest BCUT2D eigenvalue weighted by Gasteiger charge is -1.70. The molecular weight excluding hydrogens is 68.0 g/mol. The molecule has 29 valence electrons. The van der Waals surface area contributed by atoms with Gasteiger partial charge in [-0.25, -0.2) is 4.84 Å². The molecule has 0 heterocycles. The van der Waals surface area contributed by atoms with Crippen LogP contribution in [0.1, 0.15) is 0 Å². The zero-order valence-corrected chi connectivity index (χ0v) is 3.06. The van der Waals surface area contributed by atoms with Crippen molar-refractivity contribution < 1.29 is 4.84 Å². The Kier molecular flexibility index (Phi) is 3.04. The van der Waals surface area contributed by atoms with Crippen molar-refractivity contribution in [2.24, 2.45) is 0 Å². The quantitative estimate of drug-likeness (QED) is 0.340. The molecule has 0 amide bonds. The lowest BCUT2D eigenvalue weighted by molar-refractivity contribution is 0.0795. The van der Waals surface area contributed by atoms with E-state index in [-0.39, 0.29) is 0 Å². The van der Waals surface area contributed by atoms with E-state index in [9.17, 15) is 0 Å². The van der Waals surface area contributed by atoms with Crippen LogP contribution >= 0.6 is 0 Å². The first kappa shape index (κ1) is 4.43. The molecule has 0 rings (SSSR count). The first-order valence-electron chi connectivity index (χ1n) is 1.15. The van der Waals surface area contributed by atoms with Crippen LogP contribution < -0.4 is 10.7 Å². The fourth-order valence-electron chi connectivity index (χ4n) is 0.0645. The minimum atomic E-state index is 1.47. The topological polar surface area (TPSA) is 35.4 Å². The average Bonchev–Trinajstić information content (AvgIpc) is 1.41. The molecule has 0 unspecified atom stereocenters. The summed E-state index contributed by atoms with van der Waals surface area (Å²) in [6.45, 7) is 3.06.